The molecule has 2 aliphatic rings. The average Bonchev–Trinajstić information content (AvgIpc) is 3.07. The van der Waals surface area contributed by atoms with E-state index in [4.69, 9.17) is 4.52 Å². The van der Waals surface area contributed by atoms with Crippen LogP contribution >= 0.6 is 0 Å². The van der Waals surface area contributed by atoms with Gasteiger partial charge in [0.2, 0.25) is 0 Å². The van der Waals surface area contributed by atoms with Crippen LogP contribution in [-0.2, 0) is 0 Å². The number of carbonyl (C=O) groups is 2. The fourth-order valence-electron chi connectivity index (χ4n) is 3.94. The third kappa shape index (κ3) is 3.36. The van der Waals surface area contributed by atoms with Crippen molar-refractivity contribution in [3.05, 3.63) is 23.0 Å². The van der Waals surface area contributed by atoms with Gasteiger partial charge >= 0.3 is 6.03 Å². The van der Waals surface area contributed by atoms with Crippen LogP contribution in [0.2, 0.25) is 0 Å². The van der Waals surface area contributed by atoms with Gasteiger partial charge in [-0.25, -0.2) is 9.78 Å². The minimum Gasteiger partial charge on any atom is -0.336 e. The van der Waals surface area contributed by atoms with Crippen LogP contribution in [0, 0.1) is 13.8 Å². The molecule has 3 amide bonds. The molecule has 0 spiro atoms. The molecule has 2 aromatic heterocycles. The molecule has 8 heteroatoms. The van der Waals surface area contributed by atoms with E-state index in [1.165, 1.54) is 6.42 Å². The molecule has 4 heterocycles. The van der Waals surface area contributed by atoms with Crippen molar-refractivity contribution in [3.8, 4) is 0 Å². The maximum Gasteiger partial charge on any atom is 0.320 e. The number of hydrogen-bond donors (Lipinski definition) is 0. The van der Waals surface area contributed by atoms with Gasteiger partial charge in [0, 0.05) is 45.0 Å². The van der Waals surface area contributed by atoms with Gasteiger partial charge in [0.05, 0.1) is 16.6 Å². The van der Waals surface area contributed by atoms with E-state index in [1.54, 1.807) is 11.0 Å². The van der Waals surface area contributed by atoms with E-state index in [1.807, 2.05) is 23.6 Å². The molecular formula is C19H25N5O3. The highest BCUT2D eigenvalue weighted by Gasteiger charge is 2.29. The molecule has 27 heavy (non-hydrogen) atoms. The molecule has 0 saturated carbocycles. The second kappa shape index (κ2) is 7.17. The molecule has 0 aliphatic carbocycles. The quantitative estimate of drug-likeness (QED) is 0.767. The topological polar surface area (TPSA) is 82.8 Å². The molecule has 2 saturated heterocycles. The Bertz CT molecular complexity index is 864. The largest absolute Gasteiger partial charge is 0.336 e. The lowest BCUT2D eigenvalue weighted by molar-refractivity contribution is 0.0634. The van der Waals surface area contributed by atoms with E-state index >= 15 is 0 Å². The number of carbonyl (C=O) groups excluding carboxylic acids is 2. The Morgan fingerprint density at radius 1 is 0.926 bits per heavy atom. The Balaban J connectivity index is 1.46. The Kier molecular flexibility index (Phi) is 4.72. The SMILES string of the molecule is Cc1cc(C(=O)N2CCN(C(=O)N3CCCCC3)CC2)c2c(C)noc2n1. The summed E-state index contributed by atoms with van der Waals surface area (Å²) >= 11 is 0. The van der Waals surface area contributed by atoms with Crippen LogP contribution in [0.5, 0.6) is 0 Å². The van der Waals surface area contributed by atoms with Crippen molar-refractivity contribution in [2.24, 2.45) is 0 Å². The van der Waals surface area contributed by atoms with Gasteiger partial charge in [0.1, 0.15) is 0 Å². The van der Waals surface area contributed by atoms with Crippen molar-refractivity contribution in [1.29, 1.82) is 0 Å². The Morgan fingerprint density at radius 2 is 1.56 bits per heavy atom. The van der Waals surface area contributed by atoms with Gasteiger partial charge in [0.25, 0.3) is 11.6 Å². The van der Waals surface area contributed by atoms with Crippen molar-refractivity contribution in [2.45, 2.75) is 33.1 Å². The summed E-state index contributed by atoms with van der Waals surface area (Å²) in [5.74, 6) is -0.0538. The molecule has 0 unspecified atom stereocenters. The van der Waals surface area contributed by atoms with Crippen LogP contribution in [0.4, 0.5) is 4.79 Å². The van der Waals surface area contributed by atoms with Crippen molar-refractivity contribution < 1.29 is 14.1 Å². The Labute approximate surface area is 158 Å². The smallest absolute Gasteiger partial charge is 0.320 e. The minimum atomic E-state index is -0.0538. The molecule has 2 aromatic rings. The first kappa shape index (κ1) is 17.8. The number of piperidine rings is 1. The number of rotatable bonds is 1. The maximum atomic E-state index is 13.1. The van der Waals surface area contributed by atoms with E-state index in [2.05, 4.69) is 10.1 Å². The molecule has 0 bridgehead atoms. The fourth-order valence-corrected chi connectivity index (χ4v) is 3.94. The van der Waals surface area contributed by atoms with Crippen LogP contribution < -0.4 is 0 Å². The van der Waals surface area contributed by atoms with E-state index in [-0.39, 0.29) is 11.9 Å². The summed E-state index contributed by atoms with van der Waals surface area (Å²) in [6.45, 7) is 7.54. The molecular weight excluding hydrogens is 346 g/mol. The number of amides is 3. The number of pyridine rings is 1. The predicted molar refractivity (Wildman–Crippen MR) is 99.6 cm³/mol. The molecule has 0 N–H and O–H groups in total. The van der Waals surface area contributed by atoms with Gasteiger partial charge in [-0.3, -0.25) is 4.79 Å². The number of aromatic nitrogens is 2. The third-order valence-corrected chi connectivity index (χ3v) is 5.44. The summed E-state index contributed by atoms with van der Waals surface area (Å²) in [5.41, 5.74) is 2.36. The summed E-state index contributed by atoms with van der Waals surface area (Å²) in [7, 11) is 0. The van der Waals surface area contributed by atoms with Gasteiger partial charge < -0.3 is 19.2 Å². The van der Waals surface area contributed by atoms with Gasteiger partial charge in [0.15, 0.2) is 0 Å². The fraction of sp³-hybridized carbons (Fsp3) is 0.579. The van der Waals surface area contributed by atoms with Crippen LogP contribution in [0.3, 0.4) is 0 Å². The van der Waals surface area contributed by atoms with Crippen LogP contribution in [-0.4, -0.2) is 76.0 Å². The average molecular weight is 371 g/mol. The van der Waals surface area contributed by atoms with Crippen molar-refractivity contribution in [3.63, 3.8) is 0 Å². The summed E-state index contributed by atoms with van der Waals surface area (Å²) in [5, 5.41) is 4.62. The normalized spacial score (nSPS) is 18.2. The van der Waals surface area contributed by atoms with Gasteiger partial charge in [-0.2, -0.15) is 0 Å². The summed E-state index contributed by atoms with van der Waals surface area (Å²) in [6, 6.07) is 1.90. The highest BCUT2D eigenvalue weighted by Crippen LogP contribution is 2.24. The Morgan fingerprint density at radius 3 is 2.26 bits per heavy atom. The number of hydrogen-bond acceptors (Lipinski definition) is 5. The Hall–Kier alpha value is -2.64. The molecule has 8 nitrogen and oxygen atoms in total. The van der Waals surface area contributed by atoms with Crippen LogP contribution in [0.15, 0.2) is 10.6 Å². The van der Waals surface area contributed by atoms with Crippen molar-refractivity contribution in [2.75, 3.05) is 39.3 Å². The number of fused-ring (bicyclic) bond motifs is 1. The van der Waals surface area contributed by atoms with Crippen LogP contribution in [0.25, 0.3) is 11.1 Å². The first-order valence-electron chi connectivity index (χ1n) is 9.61. The highest BCUT2D eigenvalue weighted by atomic mass is 16.5. The van der Waals surface area contributed by atoms with Crippen LogP contribution in [0.1, 0.15) is 41.0 Å². The standard InChI is InChI=1S/C19H25N5O3/c1-13-12-15(16-14(2)21-27-17(16)20-13)18(25)22-8-10-24(11-9-22)19(26)23-6-4-3-5-7-23/h12H,3-11H2,1-2H3. The summed E-state index contributed by atoms with van der Waals surface area (Å²) in [4.78, 5) is 35.7. The second-order valence-electron chi connectivity index (χ2n) is 7.37. The predicted octanol–water partition coefficient (Wildman–Crippen LogP) is 2.20. The zero-order chi connectivity index (χ0) is 19.0. The zero-order valence-electron chi connectivity index (χ0n) is 15.9. The van der Waals surface area contributed by atoms with Crippen molar-refractivity contribution >= 4 is 23.0 Å². The van der Waals surface area contributed by atoms with Gasteiger partial charge in [-0.15, -0.1) is 0 Å². The number of urea groups is 1. The second-order valence-corrected chi connectivity index (χ2v) is 7.37. The van der Waals surface area contributed by atoms with Crippen molar-refractivity contribution in [1.82, 2.24) is 24.8 Å². The highest BCUT2D eigenvalue weighted by molar-refractivity contribution is 6.06. The minimum absolute atomic E-state index is 0.0538. The monoisotopic (exact) mass is 371 g/mol. The lowest BCUT2D eigenvalue weighted by Gasteiger charge is -2.38. The van der Waals surface area contributed by atoms with Gasteiger partial charge in [-0.05, 0) is 39.2 Å². The van der Waals surface area contributed by atoms with E-state index in [0.717, 1.165) is 31.6 Å². The lowest BCUT2D eigenvalue weighted by atomic mass is 10.1. The molecule has 2 fully saturated rings. The molecule has 144 valence electrons. The van der Waals surface area contributed by atoms with E-state index in [0.29, 0.717) is 48.5 Å². The molecule has 0 radical (unpaired) electrons. The molecule has 2 aliphatic heterocycles. The number of nitrogens with zero attached hydrogens (tertiary/aromatic N) is 5. The number of piperazine rings is 1. The third-order valence-electron chi connectivity index (χ3n) is 5.44. The first-order valence-corrected chi connectivity index (χ1v) is 9.61. The lowest BCUT2D eigenvalue weighted by Crippen LogP contribution is -2.54. The zero-order valence-corrected chi connectivity index (χ0v) is 15.9. The molecule has 0 atom stereocenters. The molecule has 0 aromatic carbocycles. The van der Waals surface area contributed by atoms with Gasteiger partial charge in [-0.1, -0.05) is 5.16 Å². The molecule has 4 rings (SSSR count). The van der Waals surface area contributed by atoms with E-state index in [9.17, 15) is 9.59 Å². The van der Waals surface area contributed by atoms with E-state index < -0.39 is 0 Å². The first-order chi connectivity index (χ1) is 13.0. The number of likely N-dealkylation sites (tertiary alicyclic amines) is 1. The summed E-state index contributed by atoms with van der Waals surface area (Å²) in [6.07, 6.45) is 3.37. The number of aryl methyl sites for hydroxylation is 2. The maximum absolute atomic E-state index is 13.1. The summed E-state index contributed by atoms with van der Waals surface area (Å²) < 4.78 is 5.23.